The predicted octanol–water partition coefficient (Wildman–Crippen LogP) is -1.63. The molecule has 3 aliphatic rings. The number of phenolic OH excluding ortho intramolecular Hbond substituents is 1. The van der Waals surface area contributed by atoms with E-state index in [9.17, 15) is 39.0 Å². The number of carbonyl (C=O) groups excluding carboxylic acids is 6. The number of nitrogens with one attached hydrogen (secondary N) is 1. The Morgan fingerprint density at radius 1 is 1.11 bits per heavy atom. The molecule has 0 saturated heterocycles. The van der Waals surface area contributed by atoms with Gasteiger partial charge in [-0.15, -0.1) is 0 Å². The van der Waals surface area contributed by atoms with Gasteiger partial charge in [0.05, 0.1) is 29.8 Å². The SMILES string of the molecule is CN(C)CC(=O)Nc1ccc2c(c1O)C(=O)C1C(=O)C3(O)C(=O)C(C(N)=O)C(=O)[C@@H](N(C)C)C3CC1C2. The first-order chi connectivity index (χ1) is 17.2. The Balaban J connectivity index is 1.77. The standard InChI is InChI=1S/C25H30N4O8/c1-28(2)9-14(30)27-13-6-5-10-7-11-8-12-18(29(3)4)21(33)17(24(26)36)23(35)25(12,37)22(34)16(11)20(32)15(10)19(13)31/h5-6,11-12,16-18,31,37H,7-9H2,1-4H3,(H2,26,36)(H,27,30)/t11?,12?,16?,17?,18-,25?/m0/s1. The number of fused-ring (bicyclic) bond motifs is 3. The lowest BCUT2D eigenvalue weighted by Crippen LogP contribution is -2.74. The summed E-state index contributed by atoms with van der Waals surface area (Å²) in [4.78, 5) is 80.9. The van der Waals surface area contributed by atoms with Crippen LogP contribution < -0.4 is 11.1 Å². The van der Waals surface area contributed by atoms with Gasteiger partial charge in [-0.3, -0.25) is 33.7 Å². The first-order valence-corrected chi connectivity index (χ1v) is 11.9. The molecule has 4 rings (SSSR count). The Hall–Kier alpha value is -3.48. The second-order valence-corrected chi connectivity index (χ2v) is 10.6. The molecule has 1 aromatic carbocycles. The van der Waals surface area contributed by atoms with Crippen LogP contribution in [0.15, 0.2) is 12.1 Å². The molecule has 198 valence electrons. The highest BCUT2D eigenvalue weighted by atomic mass is 16.3. The summed E-state index contributed by atoms with van der Waals surface area (Å²) in [5, 5.41) is 25.0. The van der Waals surface area contributed by atoms with E-state index in [2.05, 4.69) is 5.32 Å². The molecule has 0 radical (unpaired) electrons. The minimum atomic E-state index is -2.77. The lowest BCUT2D eigenvalue weighted by molar-refractivity contribution is -0.181. The van der Waals surface area contributed by atoms with Crippen LogP contribution in [-0.2, 0) is 30.4 Å². The smallest absolute Gasteiger partial charge is 0.238 e. The van der Waals surface area contributed by atoms with Gasteiger partial charge in [0.2, 0.25) is 11.8 Å². The molecule has 5 unspecified atom stereocenters. The maximum atomic E-state index is 13.8. The summed E-state index contributed by atoms with van der Waals surface area (Å²) in [6.45, 7) is 0.0248. The number of primary amides is 1. The van der Waals surface area contributed by atoms with Crippen molar-refractivity contribution in [1.82, 2.24) is 9.80 Å². The maximum Gasteiger partial charge on any atom is 0.238 e. The molecule has 0 aliphatic heterocycles. The zero-order valence-electron chi connectivity index (χ0n) is 21.0. The van der Waals surface area contributed by atoms with Gasteiger partial charge in [-0.1, -0.05) is 6.07 Å². The van der Waals surface area contributed by atoms with E-state index in [1.807, 2.05) is 0 Å². The van der Waals surface area contributed by atoms with Crippen LogP contribution in [0.25, 0.3) is 0 Å². The number of amides is 2. The number of phenols is 1. The van der Waals surface area contributed by atoms with Gasteiger partial charge in [0.25, 0.3) is 0 Å². The fourth-order valence-electron chi connectivity index (χ4n) is 6.16. The Morgan fingerprint density at radius 2 is 1.76 bits per heavy atom. The molecule has 0 aromatic heterocycles. The average molecular weight is 515 g/mol. The van der Waals surface area contributed by atoms with Crippen LogP contribution in [0.5, 0.6) is 5.75 Å². The van der Waals surface area contributed by atoms with E-state index in [0.29, 0.717) is 5.56 Å². The second-order valence-electron chi connectivity index (χ2n) is 10.6. The fraction of sp³-hybridized carbons (Fsp3) is 0.520. The summed E-state index contributed by atoms with van der Waals surface area (Å²) in [6, 6.07) is 1.89. The number of carbonyl (C=O) groups is 6. The van der Waals surface area contributed by atoms with Crippen LogP contribution >= 0.6 is 0 Å². The third kappa shape index (κ3) is 3.95. The molecule has 2 amide bonds. The highest BCUT2D eigenvalue weighted by Gasteiger charge is 2.69. The van der Waals surface area contributed by atoms with Gasteiger partial charge in [0.15, 0.2) is 34.7 Å². The molecule has 0 heterocycles. The molecular formula is C25H30N4O8. The summed E-state index contributed by atoms with van der Waals surface area (Å²) >= 11 is 0. The number of Topliss-reactive ketones (excluding diaryl/α,β-unsaturated/α-hetero) is 4. The van der Waals surface area contributed by atoms with Crippen LogP contribution in [0.4, 0.5) is 5.69 Å². The van der Waals surface area contributed by atoms with E-state index in [4.69, 9.17) is 5.73 Å². The lowest BCUT2D eigenvalue weighted by atomic mass is 9.52. The number of aliphatic hydroxyl groups is 1. The predicted molar refractivity (Wildman–Crippen MR) is 129 cm³/mol. The van der Waals surface area contributed by atoms with Gasteiger partial charge < -0.3 is 26.2 Å². The van der Waals surface area contributed by atoms with E-state index in [-0.39, 0.29) is 30.6 Å². The Morgan fingerprint density at radius 3 is 2.32 bits per heavy atom. The van der Waals surface area contributed by atoms with Crippen LogP contribution in [0.2, 0.25) is 0 Å². The Kier molecular flexibility index (Phi) is 6.55. The van der Waals surface area contributed by atoms with Gasteiger partial charge in [-0.05, 0) is 58.6 Å². The van der Waals surface area contributed by atoms with Crippen LogP contribution in [0.1, 0.15) is 22.3 Å². The molecule has 3 aliphatic carbocycles. The van der Waals surface area contributed by atoms with Crippen LogP contribution in [0, 0.1) is 23.7 Å². The van der Waals surface area contributed by atoms with Crippen molar-refractivity contribution in [2.75, 3.05) is 40.1 Å². The fourth-order valence-corrected chi connectivity index (χ4v) is 6.16. The van der Waals surface area contributed by atoms with Crippen LogP contribution in [-0.4, -0.2) is 101 Å². The zero-order chi connectivity index (χ0) is 27.6. The molecular weight excluding hydrogens is 484 g/mol. The molecule has 5 N–H and O–H groups in total. The number of nitrogens with zero attached hydrogens (tertiary/aromatic N) is 2. The van der Waals surface area contributed by atoms with E-state index in [0.717, 1.165) is 0 Å². The topological polar surface area (TPSA) is 187 Å². The summed E-state index contributed by atoms with van der Waals surface area (Å²) in [6.07, 6.45) is 0.136. The number of ketones is 4. The molecule has 2 saturated carbocycles. The number of benzene rings is 1. The van der Waals surface area contributed by atoms with Crippen LogP contribution in [0.3, 0.4) is 0 Å². The van der Waals surface area contributed by atoms with Gasteiger partial charge in [0.1, 0.15) is 5.75 Å². The Labute approximate surface area is 212 Å². The lowest BCUT2D eigenvalue weighted by Gasteiger charge is -2.52. The molecule has 0 bridgehead atoms. The number of hydrogen-bond acceptors (Lipinski definition) is 10. The second kappa shape index (κ2) is 9.12. The van der Waals surface area contributed by atoms with Crippen molar-refractivity contribution in [1.29, 1.82) is 0 Å². The maximum absolute atomic E-state index is 13.8. The minimum Gasteiger partial charge on any atom is -0.505 e. The number of likely N-dealkylation sites (N-methyl/N-ethyl adjacent to an activating group) is 2. The van der Waals surface area contributed by atoms with Gasteiger partial charge in [0, 0.05) is 5.92 Å². The molecule has 12 heteroatoms. The van der Waals surface area contributed by atoms with E-state index >= 15 is 0 Å². The van der Waals surface area contributed by atoms with Gasteiger partial charge >= 0.3 is 0 Å². The van der Waals surface area contributed by atoms with Crippen molar-refractivity contribution in [3.05, 3.63) is 23.3 Å². The largest absolute Gasteiger partial charge is 0.505 e. The minimum absolute atomic E-state index is 0.0157. The third-order valence-electron chi connectivity index (χ3n) is 7.67. The molecule has 12 nitrogen and oxygen atoms in total. The van der Waals surface area contributed by atoms with Crippen molar-refractivity contribution in [3.8, 4) is 5.75 Å². The van der Waals surface area contributed by atoms with Gasteiger partial charge in [-0.25, -0.2) is 0 Å². The quantitative estimate of drug-likeness (QED) is 0.262. The number of rotatable bonds is 5. The summed E-state index contributed by atoms with van der Waals surface area (Å²) in [7, 11) is 6.43. The van der Waals surface area contributed by atoms with Crippen molar-refractivity contribution in [3.63, 3.8) is 0 Å². The highest BCUT2D eigenvalue weighted by molar-refractivity contribution is 6.32. The van der Waals surface area contributed by atoms with Crippen molar-refractivity contribution < 1.29 is 39.0 Å². The Bertz CT molecular complexity index is 1240. The molecule has 37 heavy (non-hydrogen) atoms. The normalized spacial score (nSPS) is 31.2. The van der Waals surface area contributed by atoms with E-state index < -0.39 is 76.0 Å². The van der Waals surface area contributed by atoms with Gasteiger partial charge in [-0.2, -0.15) is 0 Å². The monoisotopic (exact) mass is 514 g/mol. The summed E-state index contributed by atoms with van der Waals surface area (Å²) < 4.78 is 0. The average Bonchev–Trinajstić information content (AvgIpc) is 2.77. The number of nitrogens with two attached hydrogens (primary N) is 1. The third-order valence-corrected chi connectivity index (χ3v) is 7.67. The molecule has 0 spiro atoms. The van der Waals surface area contributed by atoms with Crippen molar-refractivity contribution in [2.24, 2.45) is 29.4 Å². The molecule has 2 fully saturated rings. The van der Waals surface area contributed by atoms with Crippen molar-refractivity contribution in [2.45, 2.75) is 24.5 Å². The van der Waals surface area contributed by atoms with Crippen molar-refractivity contribution >= 4 is 40.6 Å². The molecule has 6 atom stereocenters. The first kappa shape index (κ1) is 26.6. The number of hydrogen-bond donors (Lipinski definition) is 4. The van der Waals surface area contributed by atoms with E-state index in [1.54, 1.807) is 25.1 Å². The molecule has 1 aromatic rings. The zero-order valence-corrected chi connectivity index (χ0v) is 21.0. The summed E-state index contributed by atoms with van der Waals surface area (Å²) in [5.41, 5.74) is 2.79. The first-order valence-electron chi connectivity index (χ1n) is 11.9. The summed E-state index contributed by atoms with van der Waals surface area (Å²) in [5.74, 6) is -11.6. The number of anilines is 1. The number of aromatic hydroxyl groups is 1. The highest BCUT2D eigenvalue weighted by Crippen LogP contribution is 2.51. The van der Waals surface area contributed by atoms with E-state index in [1.165, 1.54) is 25.1 Å².